The number of nitrogens with one attached hydrogen (secondary N) is 1. The van der Waals surface area contributed by atoms with Gasteiger partial charge in [0.05, 0.1) is 32.2 Å². The number of aldehydes is 1. The maximum atomic E-state index is 13.4. The number of ether oxygens (including phenoxy) is 2. The van der Waals surface area contributed by atoms with E-state index in [2.05, 4.69) is 30.1 Å². The van der Waals surface area contributed by atoms with Crippen LogP contribution in [0, 0.1) is 5.92 Å². The number of amides is 2. The standard InChI is InChI=1S/C21H29N3O3.C8H8O.C2H6/c1-5-24-20(25)23-13-15-11-16(26-3)12-17(27-4)19(15)14(2)10-18(23)21(24)6-8-22-9-7-21;9-7-8-5-3-1-2-4-6-8;1-2/h10-12,14,22H,5-9,13H2,1-4H3;1-8H;1-2H3/t14-;;/m0../s1. The van der Waals surface area contributed by atoms with Crippen molar-refractivity contribution in [3.05, 3.63) is 71.5 Å². The van der Waals surface area contributed by atoms with Gasteiger partial charge in [0, 0.05) is 29.8 Å². The Kier molecular flexibility index (Phi) is 10.4. The lowest BCUT2D eigenvalue weighted by atomic mass is 9.82. The van der Waals surface area contributed by atoms with Gasteiger partial charge < -0.3 is 24.5 Å². The lowest BCUT2D eigenvalue weighted by Gasteiger charge is -2.41. The van der Waals surface area contributed by atoms with E-state index in [9.17, 15) is 9.59 Å². The fraction of sp³-hybridized carbons (Fsp3) is 0.484. The molecular weight excluding hydrogens is 478 g/mol. The van der Waals surface area contributed by atoms with Crippen LogP contribution < -0.4 is 14.8 Å². The van der Waals surface area contributed by atoms with Crippen molar-refractivity contribution < 1.29 is 19.1 Å². The molecule has 0 saturated carbocycles. The van der Waals surface area contributed by atoms with Crippen molar-refractivity contribution in [3.63, 3.8) is 0 Å². The Morgan fingerprint density at radius 2 is 1.71 bits per heavy atom. The van der Waals surface area contributed by atoms with Crippen molar-refractivity contribution in [2.24, 2.45) is 5.92 Å². The highest BCUT2D eigenvalue weighted by Crippen LogP contribution is 2.48. The first-order valence-corrected chi connectivity index (χ1v) is 13.7. The van der Waals surface area contributed by atoms with Crippen molar-refractivity contribution in [2.75, 3.05) is 33.9 Å². The maximum Gasteiger partial charge on any atom is 0.325 e. The molecule has 1 spiro atoms. The van der Waals surface area contributed by atoms with E-state index in [0.29, 0.717) is 6.54 Å². The zero-order chi connectivity index (χ0) is 27.7. The lowest BCUT2D eigenvalue weighted by molar-refractivity contribution is -0.108. The van der Waals surface area contributed by atoms with Gasteiger partial charge in [-0.15, -0.1) is 0 Å². The highest BCUT2D eigenvalue weighted by atomic mass is 16.5. The number of hydrogen-bond donors (Lipinski definition) is 1. The number of hydrogen-bond acceptors (Lipinski definition) is 5. The molecule has 5 rings (SSSR count). The summed E-state index contributed by atoms with van der Waals surface area (Å²) in [4.78, 5) is 27.6. The number of piperidine rings is 1. The first-order valence-electron chi connectivity index (χ1n) is 13.7. The Morgan fingerprint density at radius 1 is 1.05 bits per heavy atom. The Hall–Kier alpha value is -3.32. The summed E-state index contributed by atoms with van der Waals surface area (Å²) >= 11 is 0. The van der Waals surface area contributed by atoms with Crippen molar-refractivity contribution >= 4 is 12.3 Å². The van der Waals surface area contributed by atoms with E-state index in [1.807, 2.05) is 67.3 Å². The lowest BCUT2D eigenvalue weighted by Crippen LogP contribution is -2.52. The summed E-state index contributed by atoms with van der Waals surface area (Å²) in [6.45, 7) is 11.4. The molecule has 4 aliphatic rings. The molecule has 0 radical (unpaired) electrons. The number of benzene rings is 1. The summed E-state index contributed by atoms with van der Waals surface area (Å²) in [6.07, 6.45) is 16.4. The van der Waals surface area contributed by atoms with E-state index >= 15 is 0 Å². The molecule has 2 saturated heterocycles. The molecule has 0 aromatic heterocycles. The number of methoxy groups -OCH3 is 2. The van der Waals surface area contributed by atoms with Crippen LogP contribution in [-0.2, 0) is 11.3 Å². The highest BCUT2D eigenvalue weighted by molar-refractivity contribution is 5.83. The summed E-state index contributed by atoms with van der Waals surface area (Å²) in [5, 5.41) is 3.45. The Bertz CT molecular complexity index is 1080. The molecule has 1 aromatic carbocycles. The molecule has 38 heavy (non-hydrogen) atoms. The molecule has 0 unspecified atom stereocenters. The molecule has 0 bridgehead atoms. The van der Waals surface area contributed by atoms with Crippen LogP contribution in [0.5, 0.6) is 11.5 Å². The minimum atomic E-state index is -0.190. The predicted molar refractivity (Wildman–Crippen MR) is 153 cm³/mol. The van der Waals surface area contributed by atoms with Crippen molar-refractivity contribution in [3.8, 4) is 11.5 Å². The first kappa shape index (κ1) is 29.2. The number of rotatable bonds is 4. The van der Waals surface area contributed by atoms with Crippen LogP contribution in [0.1, 0.15) is 57.6 Å². The van der Waals surface area contributed by atoms with Crippen LogP contribution >= 0.6 is 0 Å². The van der Waals surface area contributed by atoms with Crippen LogP contribution in [-0.4, -0.2) is 61.5 Å². The summed E-state index contributed by atoms with van der Waals surface area (Å²) < 4.78 is 11.1. The number of carbonyl (C=O) groups is 2. The number of fused-ring (bicyclic) bond motifs is 3. The zero-order valence-corrected chi connectivity index (χ0v) is 23.7. The SMILES string of the molecule is CC.CCN1C(=O)N2Cc3cc(OC)cc(OC)c3[C@@H](C)C=C2C12CCNCC2.O=CC1C=CC=CC=C1. The second-order valence-electron chi connectivity index (χ2n) is 9.51. The number of likely N-dealkylation sites (N-methyl/N-ethyl adjacent to an activating group) is 1. The van der Waals surface area contributed by atoms with Crippen LogP contribution in [0.2, 0.25) is 0 Å². The van der Waals surface area contributed by atoms with Gasteiger partial charge in [-0.3, -0.25) is 4.90 Å². The molecule has 1 aliphatic carbocycles. The minimum absolute atomic E-state index is 0.0278. The third-order valence-corrected chi connectivity index (χ3v) is 7.50. The van der Waals surface area contributed by atoms with Gasteiger partial charge in [-0.25, -0.2) is 4.79 Å². The van der Waals surface area contributed by atoms with Gasteiger partial charge in [0.2, 0.25) is 0 Å². The van der Waals surface area contributed by atoms with Crippen LogP contribution in [0.4, 0.5) is 4.79 Å². The quantitative estimate of drug-likeness (QED) is 0.523. The summed E-state index contributed by atoms with van der Waals surface area (Å²) in [7, 11) is 3.36. The molecule has 1 atom stereocenters. The van der Waals surface area contributed by atoms with Crippen LogP contribution in [0.25, 0.3) is 0 Å². The summed E-state index contributed by atoms with van der Waals surface area (Å²) in [5.41, 5.74) is 3.23. The highest BCUT2D eigenvalue weighted by Gasteiger charge is 2.54. The smallest absolute Gasteiger partial charge is 0.325 e. The number of allylic oxidation sites excluding steroid dienone is 7. The monoisotopic (exact) mass is 521 g/mol. The van der Waals surface area contributed by atoms with Gasteiger partial charge >= 0.3 is 6.03 Å². The number of urea groups is 1. The van der Waals surface area contributed by atoms with Gasteiger partial charge in [0.1, 0.15) is 17.8 Å². The van der Waals surface area contributed by atoms with Gasteiger partial charge in [0.15, 0.2) is 0 Å². The molecule has 206 valence electrons. The molecule has 7 heteroatoms. The largest absolute Gasteiger partial charge is 0.497 e. The third kappa shape index (κ3) is 5.73. The number of nitrogens with zero attached hydrogens (tertiary/aromatic N) is 2. The van der Waals surface area contributed by atoms with E-state index < -0.39 is 0 Å². The summed E-state index contributed by atoms with van der Waals surface area (Å²) in [5.74, 6) is 1.73. The van der Waals surface area contributed by atoms with Crippen molar-refractivity contribution in [2.45, 2.75) is 58.5 Å². The topological polar surface area (TPSA) is 71.1 Å². The third-order valence-electron chi connectivity index (χ3n) is 7.50. The van der Waals surface area contributed by atoms with Gasteiger partial charge in [0.25, 0.3) is 0 Å². The predicted octanol–water partition coefficient (Wildman–Crippen LogP) is 5.59. The second-order valence-corrected chi connectivity index (χ2v) is 9.51. The van der Waals surface area contributed by atoms with Gasteiger partial charge in [-0.05, 0) is 44.5 Å². The zero-order valence-electron chi connectivity index (χ0n) is 23.7. The summed E-state index contributed by atoms with van der Waals surface area (Å²) in [6, 6.07) is 4.10. The molecule has 3 aliphatic heterocycles. The maximum absolute atomic E-state index is 13.4. The molecule has 2 fully saturated rings. The molecule has 7 nitrogen and oxygen atoms in total. The number of carbonyl (C=O) groups excluding carboxylic acids is 2. The Balaban J connectivity index is 0.000000307. The molecule has 2 amide bonds. The Morgan fingerprint density at radius 3 is 2.26 bits per heavy atom. The average Bonchev–Trinajstić information content (AvgIpc) is 3.21. The first-order chi connectivity index (χ1) is 18.5. The van der Waals surface area contributed by atoms with E-state index in [4.69, 9.17) is 9.47 Å². The fourth-order valence-corrected chi connectivity index (χ4v) is 5.77. The van der Waals surface area contributed by atoms with Gasteiger partial charge in [-0.1, -0.05) is 63.3 Å². The van der Waals surface area contributed by atoms with E-state index in [1.165, 1.54) is 5.70 Å². The van der Waals surface area contributed by atoms with Crippen LogP contribution in [0.15, 0.2) is 60.4 Å². The molecule has 1 N–H and O–H groups in total. The van der Waals surface area contributed by atoms with Crippen molar-refractivity contribution in [1.82, 2.24) is 15.1 Å². The van der Waals surface area contributed by atoms with Gasteiger partial charge in [-0.2, -0.15) is 0 Å². The second kappa shape index (κ2) is 13.5. The molecular formula is C31H43N3O4. The van der Waals surface area contributed by atoms with Crippen LogP contribution in [0.3, 0.4) is 0 Å². The van der Waals surface area contributed by atoms with E-state index in [1.54, 1.807) is 14.2 Å². The van der Waals surface area contributed by atoms with Crippen molar-refractivity contribution in [1.29, 1.82) is 0 Å². The molecule has 1 aromatic rings. The van der Waals surface area contributed by atoms with E-state index in [0.717, 1.165) is 61.4 Å². The molecule has 3 heterocycles. The fourth-order valence-electron chi connectivity index (χ4n) is 5.77. The Labute approximate surface area is 227 Å². The van der Waals surface area contributed by atoms with E-state index in [-0.39, 0.29) is 23.4 Å². The average molecular weight is 522 g/mol. The normalized spacial score (nSPS) is 21.2. The minimum Gasteiger partial charge on any atom is -0.497 e.